The Morgan fingerprint density at radius 1 is 1.67 bits per heavy atom. The second kappa shape index (κ2) is 2.71. The van der Waals surface area contributed by atoms with Crippen molar-refractivity contribution in [2.45, 2.75) is 24.2 Å². The minimum atomic E-state index is -0.382. The zero-order valence-electron chi connectivity index (χ0n) is 5.33. The van der Waals surface area contributed by atoms with Crippen LogP contribution in [0.4, 0.5) is 0 Å². The van der Waals surface area contributed by atoms with Crippen LogP contribution in [0.2, 0.25) is 0 Å². The van der Waals surface area contributed by atoms with Crippen LogP contribution in [-0.4, -0.2) is 28.5 Å². The van der Waals surface area contributed by atoms with E-state index in [9.17, 15) is 4.79 Å². The molecule has 0 aromatic carbocycles. The molecule has 2 atom stereocenters. The summed E-state index contributed by atoms with van der Waals surface area (Å²) in [6, 6.07) is 0. The van der Waals surface area contributed by atoms with Gasteiger partial charge in [0.15, 0.2) is 0 Å². The first-order chi connectivity index (χ1) is 4.24. The number of rotatable bonds is 1. The van der Waals surface area contributed by atoms with Crippen LogP contribution in [-0.2, 0) is 4.79 Å². The smallest absolute Gasteiger partial charge is 0.136 e. The molecule has 2 nitrogen and oxygen atoms in total. The second-order valence-corrected chi connectivity index (χ2v) is 3.37. The summed E-state index contributed by atoms with van der Waals surface area (Å²) in [4.78, 5) is 10.6. The number of aliphatic hydroxyl groups is 1. The maximum atomic E-state index is 10.6. The maximum absolute atomic E-state index is 10.6. The predicted octanol–water partition coefficient (Wildman–Crippen LogP) is 0.442. The average molecular weight is 146 g/mol. The van der Waals surface area contributed by atoms with Crippen molar-refractivity contribution in [3.05, 3.63) is 0 Å². The molecule has 1 fully saturated rings. The molecule has 0 saturated heterocycles. The monoisotopic (exact) mass is 146 g/mol. The van der Waals surface area contributed by atoms with Gasteiger partial charge in [0.25, 0.3) is 0 Å². The number of ketones is 1. The van der Waals surface area contributed by atoms with E-state index >= 15 is 0 Å². The molecule has 0 aromatic heterocycles. The highest BCUT2D eigenvalue weighted by Crippen LogP contribution is 2.25. The maximum Gasteiger partial charge on any atom is 0.136 e. The second-order valence-electron chi connectivity index (χ2n) is 2.29. The van der Waals surface area contributed by atoms with Gasteiger partial charge in [0.05, 0.1) is 6.10 Å². The van der Waals surface area contributed by atoms with E-state index in [4.69, 9.17) is 5.11 Å². The van der Waals surface area contributed by atoms with E-state index in [2.05, 4.69) is 0 Å². The molecule has 0 amide bonds. The standard InChI is InChI=1S/C6H10O2S/c1-9-6-3-4(7)2-5(6)8/h5-6,8H,2-3H2,1H3. The van der Waals surface area contributed by atoms with Gasteiger partial charge in [-0.25, -0.2) is 0 Å². The molecule has 1 aliphatic carbocycles. The first-order valence-corrected chi connectivity index (χ1v) is 4.25. The topological polar surface area (TPSA) is 37.3 Å². The van der Waals surface area contributed by atoms with Crippen molar-refractivity contribution in [3.8, 4) is 0 Å². The molecule has 2 unspecified atom stereocenters. The third kappa shape index (κ3) is 1.46. The summed E-state index contributed by atoms with van der Waals surface area (Å²) in [6.07, 6.45) is 2.47. The Morgan fingerprint density at radius 3 is 2.56 bits per heavy atom. The zero-order chi connectivity index (χ0) is 6.85. The van der Waals surface area contributed by atoms with Crippen LogP contribution in [0, 0.1) is 0 Å². The van der Waals surface area contributed by atoms with Gasteiger partial charge in [-0.2, -0.15) is 11.8 Å². The Balaban J connectivity index is 2.47. The number of carbonyl (C=O) groups excluding carboxylic acids is 1. The van der Waals surface area contributed by atoms with Gasteiger partial charge in [-0.3, -0.25) is 4.79 Å². The van der Waals surface area contributed by atoms with Gasteiger partial charge < -0.3 is 5.11 Å². The van der Waals surface area contributed by atoms with Crippen LogP contribution < -0.4 is 0 Å². The van der Waals surface area contributed by atoms with Crippen molar-refractivity contribution in [2.24, 2.45) is 0 Å². The molecule has 0 spiro atoms. The van der Waals surface area contributed by atoms with E-state index in [1.165, 1.54) is 0 Å². The van der Waals surface area contributed by atoms with Gasteiger partial charge in [0.1, 0.15) is 5.78 Å². The van der Waals surface area contributed by atoms with Gasteiger partial charge in [-0.1, -0.05) is 0 Å². The third-order valence-electron chi connectivity index (χ3n) is 1.60. The Kier molecular flexibility index (Phi) is 2.13. The van der Waals surface area contributed by atoms with E-state index in [-0.39, 0.29) is 17.1 Å². The molecule has 9 heavy (non-hydrogen) atoms. The normalized spacial score (nSPS) is 35.6. The quantitative estimate of drug-likeness (QED) is 0.583. The highest BCUT2D eigenvalue weighted by molar-refractivity contribution is 7.99. The number of aliphatic hydroxyl groups excluding tert-OH is 1. The van der Waals surface area contributed by atoms with Gasteiger partial charge in [0, 0.05) is 18.1 Å². The Labute approximate surface area is 58.6 Å². The summed E-state index contributed by atoms with van der Waals surface area (Å²) in [6.45, 7) is 0. The minimum absolute atomic E-state index is 0.164. The lowest BCUT2D eigenvalue weighted by Crippen LogP contribution is -2.14. The largest absolute Gasteiger partial charge is 0.392 e. The summed E-state index contributed by atoms with van der Waals surface area (Å²) in [5.41, 5.74) is 0. The third-order valence-corrected chi connectivity index (χ3v) is 2.68. The fraction of sp³-hybridized carbons (Fsp3) is 0.833. The molecule has 1 saturated carbocycles. The van der Waals surface area contributed by atoms with Crippen LogP contribution in [0.1, 0.15) is 12.8 Å². The zero-order valence-corrected chi connectivity index (χ0v) is 6.15. The van der Waals surface area contributed by atoms with Gasteiger partial charge >= 0.3 is 0 Å². The summed E-state index contributed by atoms with van der Waals surface area (Å²) in [5.74, 6) is 0.196. The summed E-state index contributed by atoms with van der Waals surface area (Å²) in [7, 11) is 0. The fourth-order valence-electron chi connectivity index (χ4n) is 1.05. The van der Waals surface area contributed by atoms with Crippen molar-refractivity contribution in [2.75, 3.05) is 6.26 Å². The molecule has 52 valence electrons. The van der Waals surface area contributed by atoms with E-state index in [0.29, 0.717) is 12.8 Å². The molecule has 1 N–H and O–H groups in total. The lowest BCUT2D eigenvalue weighted by atomic mass is 10.3. The van der Waals surface area contributed by atoms with Crippen LogP contribution in [0.25, 0.3) is 0 Å². The molecule has 3 heteroatoms. The molecule has 0 heterocycles. The minimum Gasteiger partial charge on any atom is -0.392 e. The molecule has 0 aromatic rings. The summed E-state index contributed by atoms with van der Waals surface area (Å²) < 4.78 is 0. The van der Waals surface area contributed by atoms with Crippen molar-refractivity contribution in [3.63, 3.8) is 0 Å². The first-order valence-electron chi connectivity index (χ1n) is 2.96. The molecule has 0 aliphatic heterocycles. The number of Topliss-reactive ketones (excluding diaryl/α,β-unsaturated/α-hetero) is 1. The average Bonchev–Trinajstić information content (AvgIpc) is 2.10. The predicted molar refractivity (Wildman–Crippen MR) is 37.6 cm³/mol. The van der Waals surface area contributed by atoms with Crippen LogP contribution in [0.5, 0.6) is 0 Å². The summed E-state index contributed by atoms with van der Waals surface area (Å²) in [5, 5.41) is 9.28. The Morgan fingerprint density at radius 2 is 2.33 bits per heavy atom. The first kappa shape index (κ1) is 7.09. The Bertz CT molecular complexity index is 124. The summed E-state index contributed by atoms with van der Waals surface area (Å²) >= 11 is 1.57. The number of carbonyl (C=O) groups is 1. The highest BCUT2D eigenvalue weighted by Gasteiger charge is 2.30. The van der Waals surface area contributed by atoms with Gasteiger partial charge in [0.2, 0.25) is 0 Å². The van der Waals surface area contributed by atoms with Crippen molar-refractivity contribution in [1.29, 1.82) is 0 Å². The molecule has 1 aliphatic rings. The number of hydrogen-bond acceptors (Lipinski definition) is 3. The lowest BCUT2D eigenvalue weighted by molar-refractivity contribution is -0.117. The van der Waals surface area contributed by atoms with Crippen molar-refractivity contribution >= 4 is 17.5 Å². The molecule has 0 radical (unpaired) electrons. The fourth-order valence-corrected chi connectivity index (χ4v) is 1.81. The van der Waals surface area contributed by atoms with Crippen LogP contribution >= 0.6 is 11.8 Å². The molecule has 0 bridgehead atoms. The van der Waals surface area contributed by atoms with Gasteiger partial charge in [-0.05, 0) is 6.26 Å². The highest BCUT2D eigenvalue weighted by atomic mass is 32.2. The number of thioether (sulfide) groups is 1. The van der Waals surface area contributed by atoms with Crippen molar-refractivity contribution < 1.29 is 9.90 Å². The number of hydrogen-bond donors (Lipinski definition) is 1. The van der Waals surface area contributed by atoms with Crippen molar-refractivity contribution in [1.82, 2.24) is 0 Å². The lowest BCUT2D eigenvalue weighted by Gasteiger charge is -2.07. The van der Waals surface area contributed by atoms with Gasteiger partial charge in [-0.15, -0.1) is 0 Å². The Hall–Kier alpha value is -0.0200. The van der Waals surface area contributed by atoms with E-state index in [0.717, 1.165) is 0 Å². The van der Waals surface area contributed by atoms with E-state index in [1.807, 2.05) is 6.26 Å². The van der Waals surface area contributed by atoms with Crippen LogP contribution in [0.3, 0.4) is 0 Å². The SMILES string of the molecule is CSC1CC(=O)CC1O. The van der Waals surface area contributed by atoms with Crippen LogP contribution in [0.15, 0.2) is 0 Å². The van der Waals surface area contributed by atoms with E-state index < -0.39 is 0 Å². The molecular formula is C6H10O2S. The van der Waals surface area contributed by atoms with E-state index in [1.54, 1.807) is 11.8 Å². The molecular weight excluding hydrogens is 136 g/mol. The molecule has 1 rings (SSSR count).